The van der Waals surface area contributed by atoms with Crippen LogP contribution < -0.4 is 10.2 Å². The third-order valence-corrected chi connectivity index (χ3v) is 4.13. The van der Waals surface area contributed by atoms with Crippen LogP contribution in [0.5, 0.6) is 0 Å². The van der Waals surface area contributed by atoms with Crippen LogP contribution in [0, 0.1) is 0 Å². The van der Waals surface area contributed by atoms with Crippen molar-refractivity contribution in [2.75, 3.05) is 24.3 Å². The summed E-state index contributed by atoms with van der Waals surface area (Å²) in [7, 11) is 4.04. The molecule has 1 amide bonds. The number of hydrogen-bond acceptors (Lipinski definition) is 2. The molecule has 0 heterocycles. The van der Waals surface area contributed by atoms with Gasteiger partial charge in [-0.05, 0) is 41.0 Å². The lowest BCUT2D eigenvalue weighted by Gasteiger charge is -2.15. The molecule has 3 heteroatoms. The van der Waals surface area contributed by atoms with Crippen LogP contribution >= 0.6 is 0 Å². The summed E-state index contributed by atoms with van der Waals surface area (Å²) < 4.78 is 0. The van der Waals surface area contributed by atoms with Gasteiger partial charge in [0.05, 0.1) is 0 Å². The van der Waals surface area contributed by atoms with Gasteiger partial charge < -0.3 is 10.2 Å². The number of rotatable bonds is 4. The van der Waals surface area contributed by atoms with E-state index in [4.69, 9.17) is 0 Å². The van der Waals surface area contributed by atoms with Crippen LogP contribution in [0.1, 0.15) is 6.92 Å². The summed E-state index contributed by atoms with van der Waals surface area (Å²) >= 11 is 0. The number of amides is 1. The van der Waals surface area contributed by atoms with E-state index in [1.807, 2.05) is 44.4 Å². The SMILES string of the molecule is CC(=O)Nc1ccc(-c2ccccc2)cc1-c1ccc(N(C)C)cc1. The molecule has 0 aliphatic rings. The van der Waals surface area contributed by atoms with Gasteiger partial charge in [-0.3, -0.25) is 4.79 Å². The van der Waals surface area contributed by atoms with E-state index in [1.54, 1.807) is 0 Å². The van der Waals surface area contributed by atoms with Gasteiger partial charge in [0, 0.05) is 38.0 Å². The first-order valence-electron chi connectivity index (χ1n) is 8.29. The van der Waals surface area contributed by atoms with Gasteiger partial charge in [0.25, 0.3) is 0 Å². The molecule has 0 fully saturated rings. The lowest BCUT2D eigenvalue weighted by atomic mass is 9.97. The fourth-order valence-electron chi connectivity index (χ4n) is 2.83. The Morgan fingerprint density at radius 3 is 2.04 bits per heavy atom. The molecular formula is C22H22N2O. The number of carbonyl (C=O) groups is 1. The minimum absolute atomic E-state index is 0.0707. The monoisotopic (exact) mass is 330 g/mol. The Labute approximate surface area is 148 Å². The first-order valence-corrected chi connectivity index (χ1v) is 8.29. The Kier molecular flexibility index (Phi) is 4.85. The van der Waals surface area contributed by atoms with Gasteiger partial charge in [0.1, 0.15) is 0 Å². The van der Waals surface area contributed by atoms with E-state index in [0.29, 0.717) is 0 Å². The second-order valence-corrected chi connectivity index (χ2v) is 6.25. The van der Waals surface area contributed by atoms with Crippen molar-refractivity contribution in [1.29, 1.82) is 0 Å². The van der Waals surface area contributed by atoms with Gasteiger partial charge in [-0.1, -0.05) is 48.5 Å². The van der Waals surface area contributed by atoms with Crippen molar-refractivity contribution >= 4 is 17.3 Å². The highest BCUT2D eigenvalue weighted by Crippen LogP contribution is 2.33. The Morgan fingerprint density at radius 2 is 1.44 bits per heavy atom. The molecule has 0 aromatic heterocycles. The lowest BCUT2D eigenvalue weighted by molar-refractivity contribution is -0.114. The quantitative estimate of drug-likeness (QED) is 0.726. The largest absolute Gasteiger partial charge is 0.378 e. The first kappa shape index (κ1) is 16.8. The highest BCUT2D eigenvalue weighted by molar-refractivity contribution is 5.95. The van der Waals surface area contributed by atoms with E-state index < -0.39 is 0 Å². The van der Waals surface area contributed by atoms with Crippen molar-refractivity contribution in [3.8, 4) is 22.3 Å². The predicted octanol–water partition coefficient (Wildman–Crippen LogP) is 5.05. The van der Waals surface area contributed by atoms with Crippen molar-refractivity contribution in [3.63, 3.8) is 0 Å². The maximum Gasteiger partial charge on any atom is 0.221 e. The van der Waals surface area contributed by atoms with E-state index in [9.17, 15) is 4.79 Å². The van der Waals surface area contributed by atoms with E-state index in [-0.39, 0.29) is 5.91 Å². The van der Waals surface area contributed by atoms with Crippen molar-refractivity contribution in [2.45, 2.75) is 6.92 Å². The maximum absolute atomic E-state index is 11.6. The molecule has 0 unspecified atom stereocenters. The average Bonchev–Trinajstić information content (AvgIpc) is 2.62. The van der Waals surface area contributed by atoms with Crippen LogP contribution in [0.4, 0.5) is 11.4 Å². The molecule has 3 aromatic carbocycles. The number of nitrogens with zero attached hydrogens (tertiary/aromatic N) is 1. The number of nitrogens with one attached hydrogen (secondary N) is 1. The van der Waals surface area contributed by atoms with Crippen LogP contribution in [0.2, 0.25) is 0 Å². The van der Waals surface area contributed by atoms with Crippen LogP contribution in [0.3, 0.4) is 0 Å². The summed E-state index contributed by atoms with van der Waals surface area (Å²) in [6, 6.07) is 24.7. The molecule has 0 radical (unpaired) electrons. The molecule has 126 valence electrons. The first-order chi connectivity index (χ1) is 12.0. The zero-order valence-corrected chi connectivity index (χ0v) is 14.8. The van der Waals surface area contributed by atoms with Crippen molar-refractivity contribution in [3.05, 3.63) is 72.8 Å². The van der Waals surface area contributed by atoms with Crippen LogP contribution in [0.25, 0.3) is 22.3 Å². The predicted molar refractivity (Wildman–Crippen MR) is 106 cm³/mol. The lowest BCUT2D eigenvalue weighted by Crippen LogP contribution is -2.08. The summed E-state index contributed by atoms with van der Waals surface area (Å²) in [6.45, 7) is 1.53. The Hall–Kier alpha value is -3.07. The van der Waals surface area contributed by atoms with Gasteiger partial charge in [-0.25, -0.2) is 0 Å². The molecule has 0 atom stereocenters. The summed E-state index contributed by atoms with van der Waals surface area (Å²) in [5, 5.41) is 2.94. The van der Waals surface area contributed by atoms with E-state index in [1.165, 1.54) is 6.92 Å². The average molecular weight is 330 g/mol. The summed E-state index contributed by atoms with van der Waals surface area (Å²) in [5.41, 5.74) is 6.34. The molecule has 25 heavy (non-hydrogen) atoms. The van der Waals surface area contributed by atoms with Gasteiger partial charge in [0.15, 0.2) is 0 Å². The fourth-order valence-corrected chi connectivity index (χ4v) is 2.83. The number of anilines is 2. The molecule has 0 saturated carbocycles. The maximum atomic E-state index is 11.6. The standard InChI is InChI=1S/C22H22N2O/c1-16(25)23-22-14-11-19(17-7-5-4-6-8-17)15-21(22)18-9-12-20(13-10-18)24(2)3/h4-15H,1-3H3,(H,23,25). The molecule has 3 aromatic rings. The second-order valence-electron chi connectivity index (χ2n) is 6.25. The normalized spacial score (nSPS) is 10.4. The topological polar surface area (TPSA) is 32.3 Å². The van der Waals surface area contributed by atoms with Crippen molar-refractivity contribution < 1.29 is 4.79 Å². The number of carbonyl (C=O) groups excluding carboxylic acids is 1. The fraction of sp³-hybridized carbons (Fsp3) is 0.136. The highest BCUT2D eigenvalue weighted by atomic mass is 16.1. The third-order valence-electron chi connectivity index (χ3n) is 4.13. The second kappa shape index (κ2) is 7.22. The molecule has 0 saturated heterocycles. The molecule has 3 nitrogen and oxygen atoms in total. The number of benzene rings is 3. The van der Waals surface area contributed by atoms with Crippen LogP contribution in [-0.2, 0) is 4.79 Å². The Balaban J connectivity index is 2.08. The summed E-state index contributed by atoms with van der Waals surface area (Å²) in [4.78, 5) is 13.6. The smallest absolute Gasteiger partial charge is 0.221 e. The summed E-state index contributed by atoms with van der Waals surface area (Å²) in [6.07, 6.45) is 0. The molecule has 0 aliphatic carbocycles. The van der Waals surface area contributed by atoms with Crippen molar-refractivity contribution in [1.82, 2.24) is 0 Å². The van der Waals surface area contributed by atoms with Gasteiger partial charge in [-0.2, -0.15) is 0 Å². The molecule has 1 N–H and O–H groups in total. The van der Waals surface area contributed by atoms with Crippen LogP contribution in [0.15, 0.2) is 72.8 Å². The molecular weight excluding hydrogens is 308 g/mol. The van der Waals surface area contributed by atoms with Crippen LogP contribution in [-0.4, -0.2) is 20.0 Å². The Morgan fingerprint density at radius 1 is 0.800 bits per heavy atom. The van der Waals surface area contributed by atoms with Gasteiger partial charge in [0.2, 0.25) is 5.91 Å². The van der Waals surface area contributed by atoms with Crippen molar-refractivity contribution in [2.24, 2.45) is 0 Å². The number of hydrogen-bond donors (Lipinski definition) is 1. The van der Waals surface area contributed by atoms with Gasteiger partial charge in [-0.15, -0.1) is 0 Å². The molecule has 3 rings (SSSR count). The molecule has 0 spiro atoms. The molecule has 0 aliphatic heterocycles. The zero-order valence-electron chi connectivity index (χ0n) is 14.8. The van der Waals surface area contributed by atoms with Gasteiger partial charge >= 0.3 is 0 Å². The van der Waals surface area contributed by atoms with E-state index >= 15 is 0 Å². The molecule has 0 bridgehead atoms. The third kappa shape index (κ3) is 3.89. The van der Waals surface area contributed by atoms with E-state index in [2.05, 4.69) is 52.7 Å². The Bertz CT molecular complexity index is 868. The minimum atomic E-state index is -0.0707. The zero-order chi connectivity index (χ0) is 17.8. The van der Waals surface area contributed by atoms with E-state index in [0.717, 1.165) is 33.6 Å². The minimum Gasteiger partial charge on any atom is -0.378 e. The highest BCUT2D eigenvalue weighted by Gasteiger charge is 2.09. The summed E-state index contributed by atoms with van der Waals surface area (Å²) in [5.74, 6) is -0.0707.